The van der Waals surface area contributed by atoms with Crippen LogP contribution in [0.4, 0.5) is 5.69 Å². The highest BCUT2D eigenvalue weighted by atomic mass is 15.1. The smallest absolute Gasteiger partial charge is 0.0393 e. The molecule has 1 atom stereocenters. The first-order valence-electron chi connectivity index (χ1n) is 6.47. The fraction of sp³-hybridized carbons (Fsp3) is 0.600. The second-order valence-electron chi connectivity index (χ2n) is 5.23. The third kappa shape index (κ3) is 4.04. The van der Waals surface area contributed by atoms with E-state index in [1.54, 1.807) is 0 Å². The van der Waals surface area contributed by atoms with Gasteiger partial charge in [-0.05, 0) is 44.0 Å². The molecule has 0 saturated carbocycles. The normalized spacial score (nSPS) is 12.8. The van der Waals surface area contributed by atoms with Crippen LogP contribution in [0, 0.1) is 18.8 Å². The Balaban J connectivity index is 2.70. The molecule has 1 aromatic rings. The number of nitrogens with zero attached hydrogens (tertiary/aromatic N) is 1. The molecular formula is C15H26N2. The van der Waals surface area contributed by atoms with Crippen molar-refractivity contribution in [2.75, 3.05) is 32.1 Å². The van der Waals surface area contributed by atoms with Gasteiger partial charge in [-0.15, -0.1) is 0 Å². The van der Waals surface area contributed by atoms with Gasteiger partial charge in [0.1, 0.15) is 0 Å². The predicted molar refractivity (Wildman–Crippen MR) is 76.7 cm³/mol. The summed E-state index contributed by atoms with van der Waals surface area (Å²) in [5.41, 5.74) is 2.69. The van der Waals surface area contributed by atoms with Gasteiger partial charge >= 0.3 is 0 Å². The van der Waals surface area contributed by atoms with Gasteiger partial charge < -0.3 is 10.2 Å². The maximum Gasteiger partial charge on any atom is 0.0393 e. The van der Waals surface area contributed by atoms with E-state index in [1.165, 1.54) is 11.3 Å². The third-order valence-electron chi connectivity index (χ3n) is 3.44. The van der Waals surface area contributed by atoms with Crippen molar-refractivity contribution >= 4 is 5.69 Å². The Morgan fingerprint density at radius 1 is 1.24 bits per heavy atom. The lowest BCUT2D eigenvalue weighted by Gasteiger charge is -2.29. The Labute approximate surface area is 106 Å². The maximum atomic E-state index is 3.29. The highest BCUT2D eigenvalue weighted by Crippen LogP contribution is 2.20. The molecular weight excluding hydrogens is 208 g/mol. The van der Waals surface area contributed by atoms with Gasteiger partial charge in [0, 0.05) is 19.3 Å². The molecule has 0 heterocycles. The van der Waals surface area contributed by atoms with Crippen LogP contribution in [0.3, 0.4) is 0 Å². The van der Waals surface area contributed by atoms with Gasteiger partial charge in [0.25, 0.3) is 0 Å². The van der Waals surface area contributed by atoms with Gasteiger partial charge in [-0.3, -0.25) is 0 Å². The van der Waals surface area contributed by atoms with Crippen LogP contribution in [0.15, 0.2) is 24.3 Å². The lowest BCUT2D eigenvalue weighted by atomic mass is 9.95. The van der Waals surface area contributed by atoms with Gasteiger partial charge in [-0.25, -0.2) is 0 Å². The quantitative estimate of drug-likeness (QED) is 0.814. The molecule has 2 heteroatoms. The molecule has 0 spiro atoms. The summed E-state index contributed by atoms with van der Waals surface area (Å²) in [7, 11) is 4.22. The lowest BCUT2D eigenvalue weighted by molar-refractivity contribution is 0.376. The molecule has 1 rings (SSSR count). The summed E-state index contributed by atoms with van der Waals surface area (Å²) in [6.45, 7) is 8.95. The molecule has 2 nitrogen and oxygen atoms in total. The molecule has 17 heavy (non-hydrogen) atoms. The van der Waals surface area contributed by atoms with Gasteiger partial charge in [-0.2, -0.15) is 0 Å². The Bertz CT molecular complexity index is 333. The van der Waals surface area contributed by atoms with E-state index in [0.717, 1.165) is 13.1 Å². The predicted octanol–water partition coefficient (Wildman–Crippen LogP) is 2.92. The van der Waals surface area contributed by atoms with E-state index in [-0.39, 0.29) is 0 Å². The molecule has 0 bridgehead atoms. The van der Waals surface area contributed by atoms with Crippen LogP contribution in [0.2, 0.25) is 0 Å². The fourth-order valence-corrected chi connectivity index (χ4v) is 2.22. The van der Waals surface area contributed by atoms with Crippen LogP contribution >= 0.6 is 0 Å². The zero-order valence-electron chi connectivity index (χ0n) is 11.8. The van der Waals surface area contributed by atoms with Crippen LogP contribution in [-0.2, 0) is 0 Å². The van der Waals surface area contributed by atoms with E-state index >= 15 is 0 Å². The first-order chi connectivity index (χ1) is 8.06. The van der Waals surface area contributed by atoms with E-state index in [2.05, 4.69) is 62.3 Å². The first-order valence-corrected chi connectivity index (χ1v) is 6.47. The zero-order chi connectivity index (χ0) is 12.8. The molecule has 0 amide bonds. The highest BCUT2D eigenvalue weighted by molar-refractivity contribution is 5.52. The molecule has 0 fully saturated rings. The summed E-state index contributed by atoms with van der Waals surface area (Å²) in [6, 6.07) is 8.59. The molecule has 1 N–H and O–H groups in total. The maximum absolute atomic E-state index is 3.29. The minimum atomic E-state index is 0.685. The van der Waals surface area contributed by atoms with Crippen molar-refractivity contribution in [3.63, 3.8) is 0 Å². The number of hydrogen-bond acceptors (Lipinski definition) is 2. The van der Waals surface area contributed by atoms with Crippen molar-refractivity contribution in [1.82, 2.24) is 5.32 Å². The van der Waals surface area contributed by atoms with Gasteiger partial charge in [0.05, 0.1) is 0 Å². The molecule has 0 saturated heterocycles. The van der Waals surface area contributed by atoms with Crippen molar-refractivity contribution in [1.29, 1.82) is 0 Å². The number of benzene rings is 1. The Hall–Kier alpha value is -1.02. The van der Waals surface area contributed by atoms with Crippen molar-refractivity contribution in [3.8, 4) is 0 Å². The molecule has 1 unspecified atom stereocenters. The van der Waals surface area contributed by atoms with Crippen LogP contribution in [0.25, 0.3) is 0 Å². The van der Waals surface area contributed by atoms with E-state index in [9.17, 15) is 0 Å². The number of rotatable bonds is 6. The largest absolute Gasteiger partial charge is 0.374 e. The summed E-state index contributed by atoms with van der Waals surface area (Å²) >= 11 is 0. The fourth-order valence-electron chi connectivity index (χ4n) is 2.22. The Morgan fingerprint density at radius 2 is 1.88 bits per heavy atom. The number of hydrogen-bond donors (Lipinski definition) is 1. The number of para-hydroxylation sites is 1. The van der Waals surface area contributed by atoms with Crippen molar-refractivity contribution < 1.29 is 0 Å². The average Bonchev–Trinajstić information content (AvgIpc) is 2.28. The monoisotopic (exact) mass is 234 g/mol. The molecule has 0 aliphatic rings. The molecule has 0 aliphatic heterocycles. The van der Waals surface area contributed by atoms with E-state index in [0.29, 0.717) is 11.8 Å². The number of nitrogens with one attached hydrogen (secondary N) is 1. The minimum absolute atomic E-state index is 0.685. The van der Waals surface area contributed by atoms with Crippen molar-refractivity contribution in [2.24, 2.45) is 11.8 Å². The van der Waals surface area contributed by atoms with E-state index in [1.807, 2.05) is 7.05 Å². The van der Waals surface area contributed by atoms with E-state index < -0.39 is 0 Å². The number of anilines is 1. The second-order valence-corrected chi connectivity index (χ2v) is 5.23. The summed E-state index contributed by atoms with van der Waals surface area (Å²) in [5.74, 6) is 1.39. The van der Waals surface area contributed by atoms with Crippen molar-refractivity contribution in [3.05, 3.63) is 29.8 Å². The highest BCUT2D eigenvalue weighted by Gasteiger charge is 2.15. The Morgan fingerprint density at radius 3 is 2.41 bits per heavy atom. The van der Waals surface area contributed by atoms with E-state index in [4.69, 9.17) is 0 Å². The SMILES string of the molecule is CNCC(CN(C)c1ccccc1C)C(C)C. The summed E-state index contributed by atoms with van der Waals surface area (Å²) < 4.78 is 0. The van der Waals surface area contributed by atoms with Crippen LogP contribution in [-0.4, -0.2) is 27.2 Å². The summed E-state index contributed by atoms with van der Waals surface area (Å²) in [5, 5.41) is 3.29. The lowest BCUT2D eigenvalue weighted by Crippen LogP contribution is -2.34. The van der Waals surface area contributed by atoms with Crippen LogP contribution in [0.5, 0.6) is 0 Å². The molecule has 96 valence electrons. The third-order valence-corrected chi connectivity index (χ3v) is 3.44. The average molecular weight is 234 g/mol. The van der Waals surface area contributed by atoms with Gasteiger partial charge in [0.15, 0.2) is 0 Å². The Kier molecular flexibility index (Phi) is 5.49. The molecule has 0 aromatic heterocycles. The minimum Gasteiger partial charge on any atom is -0.374 e. The van der Waals surface area contributed by atoms with Gasteiger partial charge in [-0.1, -0.05) is 32.0 Å². The van der Waals surface area contributed by atoms with Crippen LogP contribution < -0.4 is 10.2 Å². The summed E-state index contributed by atoms with van der Waals surface area (Å²) in [4.78, 5) is 2.37. The van der Waals surface area contributed by atoms with Crippen molar-refractivity contribution in [2.45, 2.75) is 20.8 Å². The summed E-state index contributed by atoms with van der Waals surface area (Å²) in [6.07, 6.45) is 0. The standard InChI is InChI=1S/C15H26N2/c1-12(2)14(10-16-4)11-17(5)15-9-7-6-8-13(15)3/h6-9,12,14,16H,10-11H2,1-5H3. The number of aryl methyl sites for hydroxylation is 1. The molecule has 0 aliphatic carbocycles. The first kappa shape index (κ1) is 14.0. The van der Waals surface area contributed by atoms with Crippen LogP contribution in [0.1, 0.15) is 19.4 Å². The second kappa shape index (κ2) is 6.65. The molecule has 1 aromatic carbocycles. The van der Waals surface area contributed by atoms with Gasteiger partial charge in [0.2, 0.25) is 0 Å². The topological polar surface area (TPSA) is 15.3 Å². The zero-order valence-corrected chi connectivity index (χ0v) is 11.8. The molecule has 0 radical (unpaired) electrons.